The highest BCUT2D eigenvalue weighted by molar-refractivity contribution is 7.19. The monoisotopic (exact) mass is 338 g/mol. The molecular formula is C18H18N4OS. The van der Waals surface area contributed by atoms with Gasteiger partial charge in [-0.2, -0.15) is 0 Å². The smallest absolute Gasteiger partial charge is 0.308 e. The highest BCUT2D eigenvalue weighted by Crippen LogP contribution is 2.28. The van der Waals surface area contributed by atoms with E-state index < -0.39 is 0 Å². The number of hydrogen-bond acceptors (Lipinski definition) is 4. The SMILES string of the molecule is CCCc1cccc(NC(=O)Nc2ncc(-c3ccncc3)s2)c1. The van der Waals surface area contributed by atoms with E-state index in [0.29, 0.717) is 5.13 Å². The number of aromatic nitrogens is 2. The number of nitrogens with zero attached hydrogens (tertiary/aromatic N) is 2. The fourth-order valence-electron chi connectivity index (χ4n) is 2.33. The van der Waals surface area contributed by atoms with Crippen LogP contribution in [-0.2, 0) is 6.42 Å². The van der Waals surface area contributed by atoms with Crippen molar-refractivity contribution in [1.29, 1.82) is 0 Å². The number of pyridine rings is 1. The molecule has 24 heavy (non-hydrogen) atoms. The minimum atomic E-state index is -0.292. The number of urea groups is 1. The molecule has 0 aliphatic heterocycles. The highest BCUT2D eigenvalue weighted by Gasteiger charge is 2.08. The lowest BCUT2D eigenvalue weighted by molar-refractivity contribution is 0.262. The van der Waals surface area contributed by atoms with Crippen LogP contribution in [0.5, 0.6) is 0 Å². The minimum Gasteiger partial charge on any atom is -0.308 e. The van der Waals surface area contributed by atoms with Crippen LogP contribution in [0.2, 0.25) is 0 Å². The van der Waals surface area contributed by atoms with Gasteiger partial charge in [0.2, 0.25) is 0 Å². The summed E-state index contributed by atoms with van der Waals surface area (Å²) in [6.07, 6.45) is 7.29. The quantitative estimate of drug-likeness (QED) is 0.702. The Morgan fingerprint density at radius 1 is 1.17 bits per heavy atom. The van der Waals surface area contributed by atoms with Crippen molar-refractivity contribution in [2.45, 2.75) is 19.8 Å². The predicted molar refractivity (Wildman–Crippen MR) is 98.4 cm³/mol. The minimum absolute atomic E-state index is 0.292. The summed E-state index contributed by atoms with van der Waals surface area (Å²) in [5.41, 5.74) is 3.03. The number of nitrogens with one attached hydrogen (secondary N) is 2. The van der Waals surface area contributed by atoms with E-state index in [1.165, 1.54) is 16.9 Å². The molecule has 0 atom stereocenters. The summed E-state index contributed by atoms with van der Waals surface area (Å²) in [5.74, 6) is 0. The molecule has 2 heterocycles. The van der Waals surface area contributed by atoms with Crippen molar-refractivity contribution in [2.75, 3.05) is 10.6 Å². The third-order valence-electron chi connectivity index (χ3n) is 3.41. The number of carbonyl (C=O) groups excluding carboxylic acids is 1. The Morgan fingerprint density at radius 3 is 2.79 bits per heavy atom. The molecule has 0 spiro atoms. The number of amides is 2. The molecule has 1 aromatic carbocycles. The molecule has 2 N–H and O–H groups in total. The van der Waals surface area contributed by atoms with Gasteiger partial charge in [0.25, 0.3) is 0 Å². The van der Waals surface area contributed by atoms with Crippen molar-refractivity contribution in [3.8, 4) is 10.4 Å². The van der Waals surface area contributed by atoms with E-state index in [0.717, 1.165) is 29.0 Å². The van der Waals surface area contributed by atoms with Crippen molar-refractivity contribution in [1.82, 2.24) is 9.97 Å². The third kappa shape index (κ3) is 4.17. The van der Waals surface area contributed by atoms with Crippen LogP contribution in [0.15, 0.2) is 55.0 Å². The molecule has 0 fully saturated rings. The van der Waals surface area contributed by atoms with Gasteiger partial charge in [0, 0.05) is 24.3 Å². The lowest BCUT2D eigenvalue weighted by atomic mass is 10.1. The van der Waals surface area contributed by atoms with Crippen molar-refractivity contribution in [2.24, 2.45) is 0 Å². The van der Waals surface area contributed by atoms with Gasteiger partial charge in [0.1, 0.15) is 0 Å². The van der Waals surface area contributed by atoms with E-state index >= 15 is 0 Å². The van der Waals surface area contributed by atoms with Gasteiger partial charge in [-0.1, -0.05) is 36.8 Å². The predicted octanol–water partition coefficient (Wildman–Crippen LogP) is 4.80. The average molecular weight is 338 g/mol. The van der Waals surface area contributed by atoms with Crippen LogP contribution in [-0.4, -0.2) is 16.0 Å². The molecule has 0 bridgehead atoms. The van der Waals surface area contributed by atoms with Crippen LogP contribution in [0.25, 0.3) is 10.4 Å². The molecule has 0 radical (unpaired) electrons. The van der Waals surface area contributed by atoms with E-state index in [1.807, 2.05) is 30.3 Å². The maximum Gasteiger partial charge on any atom is 0.325 e. The summed E-state index contributed by atoms with van der Waals surface area (Å²) in [5, 5.41) is 6.18. The van der Waals surface area contributed by atoms with E-state index in [1.54, 1.807) is 18.6 Å². The second-order valence-electron chi connectivity index (χ2n) is 5.30. The van der Waals surface area contributed by atoms with Crippen LogP contribution >= 0.6 is 11.3 Å². The maximum absolute atomic E-state index is 12.1. The van der Waals surface area contributed by atoms with Gasteiger partial charge in [0.05, 0.1) is 4.88 Å². The summed E-state index contributed by atoms with van der Waals surface area (Å²) >= 11 is 1.43. The average Bonchev–Trinajstić information content (AvgIpc) is 3.04. The largest absolute Gasteiger partial charge is 0.325 e. The van der Waals surface area contributed by atoms with Crippen LogP contribution < -0.4 is 10.6 Å². The Labute approximate surface area is 144 Å². The molecular weight excluding hydrogens is 320 g/mol. The Kier molecular flexibility index (Phi) is 5.18. The van der Waals surface area contributed by atoms with Crippen molar-refractivity contribution in [3.05, 3.63) is 60.6 Å². The van der Waals surface area contributed by atoms with E-state index in [-0.39, 0.29) is 6.03 Å². The van der Waals surface area contributed by atoms with Gasteiger partial charge < -0.3 is 5.32 Å². The van der Waals surface area contributed by atoms with Gasteiger partial charge in [-0.25, -0.2) is 9.78 Å². The summed E-state index contributed by atoms with van der Waals surface area (Å²) in [4.78, 5) is 21.4. The van der Waals surface area contributed by atoms with Crippen LogP contribution in [0.3, 0.4) is 0 Å². The fraction of sp³-hybridized carbons (Fsp3) is 0.167. The number of benzene rings is 1. The molecule has 3 aromatic rings. The molecule has 0 saturated carbocycles. The lowest BCUT2D eigenvalue weighted by Crippen LogP contribution is -2.19. The molecule has 122 valence electrons. The number of aryl methyl sites for hydroxylation is 1. The Hall–Kier alpha value is -2.73. The molecule has 0 aliphatic rings. The van der Waals surface area contributed by atoms with Crippen LogP contribution in [0.4, 0.5) is 15.6 Å². The normalized spacial score (nSPS) is 10.4. The molecule has 5 nitrogen and oxygen atoms in total. The molecule has 0 unspecified atom stereocenters. The molecule has 2 aromatic heterocycles. The van der Waals surface area contributed by atoms with Gasteiger partial charge in [-0.15, -0.1) is 0 Å². The van der Waals surface area contributed by atoms with Crippen LogP contribution in [0, 0.1) is 0 Å². The first-order chi connectivity index (χ1) is 11.7. The molecule has 2 amide bonds. The second kappa shape index (κ2) is 7.70. The van der Waals surface area contributed by atoms with Gasteiger partial charge >= 0.3 is 6.03 Å². The first kappa shape index (κ1) is 16.1. The zero-order chi connectivity index (χ0) is 16.8. The number of anilines is 2. The summed E-state index contributed by atoms with van der Waals surface area (Å²) in [6.45, 7) is 2.13. The lowest BCUT2D eigenvalue weighted by Gasteiger charge is -2.07. The topological polar surface area (TPSA) is 66.9 Å². The standard InChI is InChI=1S/C18H18N4OS/c1-2-4-13-5-3-6-15(11-13)21-17(23)22-18-20-12-16(24-18)14-7-9-19-10-8-14/h3,5-12H,2,4H2,1H3,(H2,20,21,22,23). The van der Waals surface area contributed by atoms with Crippen LogP contribution in [0.1, 0.15) is 18.9 Å². The summed E-state index contributed by atoms with van der Waals surface area (Å²) < 4.78 is 0. The zero-order valence-electron chi connectivity index (χ0n) is 13.3. The Balaban J connectivity index is 1.63. The first-order valence-corrected chi connectivity index (χ1v) is 8.59. The number of hydrogen-bond donors (Lipinski definition) is 2. The van der Waals surface area contributed by atoms with E-state index in [4.69, 9.17) is 0 Å². The van der Waals surface area contributed by atoms with Crippen molar-refractivity contribution < 1.29 is 4.79 Å². The van der Waals surface area contributed by atoms with E-state index in [2.05, 4.69) is 33.6 Å². The van der Waals surface area contributed by atoms with Crippen molar-refractivity contribution >= 4 is 28.2 Å². The zero-order valence-corrected chi connectivity index (χ0v) is 14.1. The summed E-state index contributed by atoms with van der Waals surface area (Å²) in [7, 11) is 0. The molecule has 0 saturated heterocycles. The highest BCUT2D eigenvalue weighted by atomic mass is 32.1. The van der Waals surface area contributed by atoms with E-state index in [9.17, 15) is 4.79 Å². The Bertz CT molecular complexity index is 817. The Morgan fingerprint density at radius 2 is 2.00 bits per heavy atom. The third-order valence-corrected chi connectivity index (χ3v) is 4.38. The van der Waals surface area contributed by atoms with Gasteiger partial charge in [-0.3, -0.25) is 10.3 Å². The number of thiazole rings is 1. The number of rotatable bonds is 5. The first-order valence-electron chi connectivity index (χ1n) is 7.78. The summed E-state index contributed by atoms with van der Waals surface area (Å²) in [6, 6.07) is 11.4. The fourth-order valence-corrected chi connectivity index (χ4v) is 3.15. The number of carbonyl (C=O) groups is 1. The maximum atomic E-state index is 12.1. The molecule has 3 rings (SSSR count). The van der Waals surface area contributed by atoms with Gasteiger partial charge in [-0.05, 0) is 41.8 Å². The molecule has 0 aliphatic carbocycles. The molecule has 6 heteroatoms. The van der Waals surface area contributed by atoms with Crippen molar-refractivity contribution in [3.63, 3.8) is 0 Å². The van der Waals surface area contributed by atoms with Gasteiger partial charge in [0.15, 0.2) is 5.13 Å². The second-order valence-corrected chi connectivity index (χ2v) is 6.33.